The molecule has 0 aromatic heterocycles. The summed E-state index contributed by atoms with van der Waals surface area (Å²) in [6.45, 7) is 5.72. The van der Waals surface area contributed by atoms with Gasteiger partial charge in [-0.25, -0.2) is 0 Å². The molecule has 0 spiro atoms. The van der Waals surface area contributed by atoms with Gasteiger partial charge in [-0.3, -0.25) is 4.79 Å². The van der Waals surface area contributed by atoms with Gasteiger partial charge in [0, 0.05) is 11.3 Å². The van der Waals surface area contributed by atoms with Gasteiger partial charge in [-0.15, -0.1) is 0 Å². The van der Waals surface area contributed by atoms with E-state index < -0.39 is 12.1 Å². The monoisotopic (exact) mass is 250 g/mol. The quantitative estimate of drug-likeness (QED) is 0.748. The van der Waals surface area contributed by atoms with E-state index in [2.05, 4.69) is 5.32 Å². The van der Waals surface area contributed by atoms with Crippen molar-refractivity contribution in [3.05, 3.63) is 29.8 Å². The number of rotatable bonds is 5. The molecule has 1 unspecified atom stereocenters. The first-order chi connectivity index (χ1) is 8.41. The Kier molecular flexibility index (Phi) is 5.31. The lowest BCUT2D eigenvalue weighted by atomic mass is 10.0. The van der Waals surface area contributed by atoms with E-state index in [1.165, 1.54) is 0 Å². The minimum atomic E-state index is -0.622. The molecule has 1 aromatic rings. The number of nitrogens with two attached hydrogens (primary N) is 1. The van der Waals surface area contributed by atoms with E-state index in [4.69, 9.17) is 5.73 Å². The second kappa shape index (κ2) is 6.52. The number of hydrogen-bond donors (Lipinski definition) is 3. The van der Waals surface area contributed by atoms with Crippen molar-refractivity contribution in [2.24, 2.45) is 11.7 Å². The summed E-state index contributed by atoms with van der Waals surface area (Å²) in [5.74, 6) is 0.162. The lowest BCUT2D eigenvalue weighted by molar-refractivity contribution is -0.117. The lowest BCUT2D eigenvalue weighted by Gasteiger charge is -2.17. The van der Waals surface area contributed by atoms with Crippen LogP contribution in [-0.4, -0.2) is 17.1 Å². The third kappa shape index (κ3) is 4.13. The summed E-state index contributed by atoms with van der Waals surface area (Å²) in [6, 6.07) is 6.67. The number of carbonyl (C=O) groups is 1. The van der Waals surface area contributed by atoms with Crippen LogP contribution in [0.15, 0.2) is 24.3 Å². The third-order valence-electron chi connectivity index (χ3n) is 2.73. The van der Waals surface area contributed by atoms with E-state index in [0.29, 0.717) is 23.6 Å². The summed E-state index contributed by atoms with van der Waals surface area (Å²) in [7, 11) is 0. The van der Waals surface area contributed by atoms with Gasteiger partial charge in [-0.1, -0.05) is 32.0 Å². The minimum absolute atomic E-state index is 0.211. The Morgan fingerprint density at radius 1 is 1.33 bits per heavy atom. The van der Waals surface area contributed by atoms with Crippen LogP contribution >= 0.6 is 0 Å². The number of nitrogens with one attached hydrogen (secondary N) is 1. The van der Waals surface area contributed by atoms with Gasteiger partial charge in [0.25, 0.3) is 0 Å². The number of benzene rings is 1. The molecule has 0 aliphatic rings. The fraction of sp³-hybridized carbons (Fsp3) is 0.500. The molecule has 0 aliphatic carbocycles. The second-order valence-electron chi connectivity index (χ2n) is 4.99. The highest BCUT2D eigenvalue weighted by atomic mass is 16.3. The molecule has 4 heteroatoms. The average Bonchev–Trinajstić information content (AvgIpc) is 2.28. The normalized spacial score (nSPS) is 14.3. The van der Waals surface area contributed by atoms with E-state index in [0.717, 1.165) is 0 Å². The molecule has 0 aliphatic heterocycles. The van der Waals surface area contributed by atoms with Gasteiger partial charge in [-0.05, 0) is 25.3 Å². The molecule has 1 rings (SSSR count). The summed E-state index contributed by atoms with van der Waals surface area (Å²) in [5.41, 5.74) is 7.14. The van der Waals surface area contributed by atoms with Gasteiger partial charge >= 0.3 is 0 Å². The van der Waals surface area contributed by atoms with Gasteiger partial charge in [0.2, 0.25) is 5.91 Å². The van der Waals surface area contributed by atoms with Crippen LogP contribution in [0.25, 0.3) is 0 Å². The number of hydrogen-bond acceptors (Lipinski definition) is 3. The standard InChI is InChI=1S/C14H22N2O2/c1-9(2)8-12(15)14(18)16-13-7-5-4-6-11(13)10(3)17/h4-7,9-10,12,17H,8,15H2,1-3H3,(H,16,18)/t10?,12-/m0/s1. The molecule has 4 nitrogen and oxygen atoms in total. The molecule has 4 N–H and O–H groups in total. The van der Waals surface area contributed by atoms with Gasteiger partial charge in [-0.2, -0.15) is 0 Å². The number of aliphatic hydroxyl groups excluding tert-OH is 1. The zero-order valence-corrected chi connectivity index (χ0v) is 11.2. The lowest BCUT2D eigenvalue weighted by Crippen LogP contribution is -2.36. The molecule has 0 heterocycles. The molecule has 18 heavy (non-hydrogen) atoms. The van der Waals surface area contributed by atoms with Gasteiger partial charge in [0.1, 0.15) is 0 Å². The van der Waals surface area contributed by atoms with Crippen molar-refractivity contribution in [3.8, 4) is 0 Å². The van der Waals surface area contributed by atoms with Gasteiger partial charge in [0.05, 0.1) is 12.1 Å². The predicted octanol–water partition coefficient (Wildman–Crippen LogP) is 2.05. The van der Waals surface area contributed by atoms with Gasteiger partial charge < -0.3 is 16.2 Å². The summed E-state index contributed by atoms with van der Waals surface area (Å²) < 4.78 is 0. The van der Waals surface area contributed by atoms with Gasteiger partial charge in [0.15, 0.2) is 0 Å². The van der Waals surface area contributed by atoms with Crippen LogP contribution < -0.4 is 11.1 Å². The SMILES string of the molecule is CC(C)C[C@H](N)C(=O)Nc1ccccc1C(C)O. The molecule has 2 atom stereocenters. The Bertz CT molecular complexity index is 403. The Hall–Kier alpha value is -1.39. The molecule has 1 amide bonds. The average molecular weight is 250 g/mol. The van der Waals surface area contributed by atoms with E-state index in [1.807, 2.05) is 26.0 Å². The van der Waals surface area contributed by atoms with Crippen LogP contribution in [-0.2, 0) is 4.79 Å². The Labute approximate surface area is 108 Å². The molecule has 0 radical (unpaired) electrons. The summed E-state index contributed by atoms with van der Waals surface area (Å²) in [6.07, 6.45) is 0.0192. The van der Waals surface area contributed by atoms with Crippen LogP contribution in [0.1, 0.15) is 38.9 Å². The van der Waals surface area contributed by atoms with E-state index in [-0.39, 0.29) is 5.91 Å². The molecule has 1 aromatic carbocycles. The maximum Gasteiger partial charge on any atom is 0.241 e. The topological polar surface area (TPSA) is 75.4 Å². The number of amides is 1. The fourth-order valence-corrected chi connectivity index (χ4v) is 1.82. The van der Waals surface area contributed by atoms with E-state index in [1.54, 1.807) is 19.1 Å². The molecule has 100 valence electrons. The predicted molar refractivity (Wildman–Crippen MR) is 73.1 cm³/mol. The van der Waals surface area contributed by atoms with E-state index >= 15 is 0 Å². The highest BCUT2D eigenvalue weighted by molar-refractivity contribution is 5.95. The number of carbonyl (C=O) groups excluding carboxylic acids is 1. The third-order valence-corrected chi connectivity index (χ3v) is 2.73. The first-order valence-electron chi connectivity index (χ1n) is 6.25. The molecule has 0 saturated carbocycles. The van der Waals surface area contributed by atoms with E-state index in [9.17, 15) is 9.90 Å². The first kappa shape index (κ1) is 14.7. The van der Waals surface area contributed by atoms with Crippen LogP contribution in [0, 0.1) is 5.92 Å². The largest absolute Gasteiger partial charge is 0.389 e. The number of para-hydroxylation sites is 1. The molecular formula is C14H22N2O2. The number of aliphatic hydroxyl groups is 1. The van der Waals surface area contributed by atoms with Crippen molar-refractivity contribution in [3.63, 3.8) is 0 Å². The second-order valence-corrected chi connectivity index (χ2v) is 4.99. The van der Waals surface area contributed by atoms with Crippen LogP contribution in [0.4, 0.5) is 5.69 Å². The zero-order valence-electron chi connectivity index (χ0n) is 11.2. The van der Waals surface area contributed by atoms with Crippen LogP contribution in [0.3, 0.4) is 0 Å². The first-order valence-corrected chi connectivity index (χ1v) is 6.25. The highest BCUT2D eigenvalue weighted by Crippen LogP contribution is 2.22. The number of anilines is 1. The minimum Gasteiger partial charge on any atom is -0.389 e. The Morgan fingerprint density at radius 2 is 1.94 bits per heavy atom. The van der Waals surface area contributed by atoms with Crippen molar-refractivity contribution in [1.29, 1.82) is 0 Å². The molecule has 0 bridgehead atoms. The van der Waals surface area contributed by atoms with Crippen molar-refractivity contribution in [1.82, 2.24) is 0 Å². The molecule has 0 fully saturated rings. The summed E-state index contributed by atoms with van der Waals surface area (Å²) >= 11 is 0. The highest BCUT2D eigenvalue weighted by Gasteiger charge is 2.17. The van der Waals surface area contributed by atoms with Crippen molar-refractivity contribution in [2.45, 2.75) is 39.3 Å². The molecular weight excluding hydrogens is 228 g/mol. The summed E-state index contributed by atoms with van der Waals surface area (Å²) in [4.78, 5) is 11.9. The van der Waals surface area contributed by atoms with Crippen molar-refractivity contribution < 1.29 is 9.90 Å². The van der Waals surface area contributed by atoms with Crippen LogP contribution in [0.5, 0.6) is 0 Å². The molecule has 0 saturated heterocycles. The smallest absolute Gasteiger partial charge is 0.241 e. The Balaban J connectivity index is 2.75. The maximum atomic E-state index is 11.9. The zero-order chi connectivity index (χ0) is 13.7. The van der Waals surface area contributed by atoms with Crippen molar-refractivity contribution in [2.75, 3.05) is 5.32 Å². The summed E-state index contributed by atoms with van der Waals surface area (Å²) in [5, 5.41) is 12.4. The van der Waals surface area contributed by atoms with Crippen molar-refractivity contribution >= 4 is 11.6 Å². The fourth-order valence-electron chi connectivity index (χ4n) is 1.82. The van der Waals surface area contributed by atoms with Crippen LogP contribution in [0.2, 0.25) is 0 Å². The maximum absolute atomic E-state index is 11.9. The Morgan fingerprint density at radius 3 is 2.50 bits per heavy atom.